The van der Waals surface area contributed by atoms with Crippen molar-refractivity contribution in [1.29, 1.82) is 0 Å². The highest BCUT2D eigenvalue weighted by atomic mass is 32.2. The van der Waals surface area contributed by atoms with Crippen molar-refractivity contribution >= 4 is 16.0 Å². The van der Waals surface area contributed by atoms with Crippen LogP contribution in [-0.2, 0) is 14.9 Å². The highest BCUT2D eigenvalue weighted by Gasteiger charge is 2.83. The summed E-state index contributed by atoms with van der Waals surface area (Å²) in [4.78, 5) is 12.0. The maximum absolute atomic E-state index is 13.2. The Hall–Kier alpha value is -1.04. The van der Waals surface area contributed by atoms with Crippen LogP contribution in [-0.4, -0.2) is 42.5 Å². The summed E-state index contributed by atoms with van der Waals surface area (Å²) in [6.45, 7) is 3.07. The summed E-state index contributed by atoms with van der Waals surface area (Å²) in [6, 6.07) is 0. The summed E-state index contributed by atoms with van der Waals surface area (Å²) in [7, 11) is -6.90. The second kappa shape index (κ2) is 7.76. The molecule has 1 saturated carbocycles. The van der Waals surface area contributed by atoms with Gasteiger partial charge in [-0.2, -0.15) is 34.8 Å². The van der Waals surface area contributed by atoms with Crippen LogP contribution < -0.4 is 5.32 Å². The number of amides is 1. The molecule has 1 amide bonds. The van der Waals surface area contributed by atoms with E-state index in [9.17, 15) is 39.6 Å². The quantitative estimate of drug-likeness (QED) is 0.498. The maximum Gasteiger partial charge on any atom is 0.428 e. The topological polar surface area (TPSA) is 83.5 Å². The molecule has 0 spiro atoms. The molecule has 0 aromatic rings. The van der Waals surface area contributed by atoms with E-state index in [1.165, 1.54) is 5.32 Å². The van der Waals surface area contributed by atoms with Gasteiger partial charge in [0.2, 0.25) is 0 Å². The molecule has 2 unspecified atom stereocenters. The minimum atomic E-state index is -6.90. The lowest BCUT2D eigenvalue weighted by molar-refractivity contribution is -0.261. The minimum Gasteiger partial charge on any atom is -0.353 e. The number of carbonyl (C=O) groups is 1. The second-order valence-electron chi connectivity index (χ2n) is 7.06. The molecule has 1 fully saturated rings. The van der Waals surface area contributed by atoms with E-state index in [2.05, 4.69) is 0 Å². The first kappa shape index (κ1) is 24.0. The normalized spacial score (nSPS) is 25.3. The van der Waals surface area contributed by atoms with E-state index in [0.29, 0.717) is 25.7 Å². The largest absolute Gasteiger partial charge is 0.428 e. The molecule has 0 aromatic heterocycles. The number of halogens is 6. The molecular weight excluding hydrogens is 404 g/mol. The van der Waals surface area contributed by atoms with Gasteiger partial charge in [0.1, 0.15) is 0 Å². The Kier molecular flexibility index (Phi) is 6.90. The summed E-state index contributed by atoms with van der Waals surface area (Å²) in [5, 5.41) is 1.53. The third-order valence-corrected chi connectivity index (χ3v) is 6.92. The summed E-state index contributed by atoms with van der Waals surface area (Å²) in [6.07, 6.45) is -9.48. The van der Waals surface area contributed by atoms with Gasteiger partial charge in [-0.3, -0.25) is 9.35 Å². The molecule has 1 aliphatic carbocycles. The fourth-order valence-corrected chi connectivity index (χ4v) is 4.65. The second-order valence-corrected chi connectivity index (χ2v) is 8.62. The Morgan fingerprint density at radius 3 is 2.04 bits per heavy atom. The van der Waals surface area contributed by atoms with Crippen LogP contribution in [0.15, 0.2) is 0 Å². The SMILES string of the molecule is CCC1CCCC(CC)(CNC(=O)C(C(F)(F)F)(C(F)(F)F)S(=O)(=O)O)C1. The molecule has 12 heteroatoms. The van der Waals surface area contributed by atoms with Crippen molar-refractivity contribution in [3.05, 3.63) is 0 Å². The monoisotopic (exact) mass is 427 g/mol. The lowest BCUT2D eigenvalue weighted by atomic mass is 9.67. The van der Waals surface area contributed by atoms with Gasteiger partial charge < -0.3 is 5.32 Å². The highest BCUT2D eigenvalue weighted by Crippen LogP contribution is 2.49. The van der Waals surface area contributed by atoms with Crippen molar-refractivity contribution in [3.8, 4) is 0 Å². The van der Waals surface area contributed by atoms with Crippen molar-refractivity contribution in [2.24, 2.45) is 11.3 Å². The number of carbonyl (C=O) groups excluding carboxylic acids is 1. The van der Waals surface area contributed by atoms with E-state index < -0.39 is 45.1 Å². The molecule has 27 heavy (non-hydrogen) atoms. The fraction of sp³-hybridized carbons (Fsp3) is 0.933. The molecule has 2 atom stereocenters. The molecule has 2 N–H and O–H groups in total. The smallest absolute Gasteiger partial charge is 0.353 e. The number of alkyl halides is 6. The standard InChI is InChI=1S/C15H23F6NO4S/c1-3-10-6-5-7-12(4-2,8-10)9-22-11(23)13(14(16,17)18,15(19,20)21)27(24,25)26/h10H,3-9H2,1-2H3,(H,22,23)(H,24,25,26). The van der Waals surface area contributed by atoms with Gasteiger partial charge in [-0.05, 0) is 30.6 Å². The average molecular weight is 427 g/mol. The lowest BCUT2D eigenvalue weighted by Crippen LogP contribution is -2.70. The van der Waals surface area contributed by atoms with E-state index in [1.807, 2.05) is 6.92 Å². The minimum absolute atomic E-state index is 0.215. The van der Waals surface area contributed by atoms with Crippen LogP contribution in [0.1, 0.15) is 52.4 Å². The first-order valence-electron chi connectivity index (χ1n) is 8.46. The van der Waals surface area contributed by atoms with Gasteiger partial charge in [0.15, 0.2) is 0 Å². The Bertz CT molecular complexity index is 632. The summed E-state index contributed by atoms with van der Waals surface area (Å²) < 4.78 is 104. The summed E-state index contributed by atoms with van der Waals surface area (Å²) in [5.41, 5.74) is -0.725. The van der Waals surface area contributed by atoms with E-state index in [1.54, 1.807) is 6.92 Å². The summed E-state index contributed by atoms with van der Waals surface area (Å²) >= 11 is 0. The molecule has 0 aromatic carbocycles. The Labute approximate surface area is 153 Å². The molecular formula is C15H23F6NO4S. The van der Waals surface area contributed by atoms with Crippen molar-refractivity contribution in [1.82, 2.24) is 5.32 Å². The van der Waals surface area contributed by atoms with E-state index in [4.69, 9.17) is 4.55 Å². The van der Waals surface area contributed by atoms with Crippen LogP contribution in [0.4, 0.5) is 26.3 Å². The molecule has 0 heterocycles. The van der Waals surface area contributed by atoms with Gasteiger partial charge in [0.05, 0.1) is 0 Å². The lowest BCUT2D eigenvalue weighted by Gasteiger charge is -2.41. The molecule has 0 saturated heterocycles. The average Bonchev–Trinajstić information content (AvgIpc) is 2.49. The third kappa shape index (κ3) is 4.36. The van der Waals surface area contributed by atoms with Gasteiger partial charge in [0.25, 0.3) is 16.0 Å². The van der Waals surface area contributed by atoms with Crippen molar-refractivity contribution in [2.45, 2.75) is 69.5 Å². The zero-order valence-electron chi connectivity index (χ0n) is 14.9. The third-order valence-electron chi connectivity index (χ3n) is 5.50. The Morgan fingerprint density at radius 1 is 1.15 bits per heavy atom. The van der Waals surface area contributed by atoms with Crippen LogP contribution in [0.2, 0.25) is 0 Å². The number of hydrogen-bond acceptors (Lipinski definition) is 3. The van der Waals surface area contributed by atoms with Crippen LogP contribution in [0.5, 0.6) is 0 Å². The predicted molar refractivity (Wildman–Crippen MR) is 84.4 cm³/mol. The number of rotatable bonds is 6. The zero-order chi connectivity index (χ0) is 21.3. The van der Waals surface area contributed by atoms with E-state index >= 15 is 0 Å². The first-order valence-corrected chi connectivity index (χ1v) is 9.90. The van der Waals surface area contributed by atoms with E-state index in [0.717, 1.165) is 12.8 Å². The first-order chi connectivity index (χ1) is 12.1. The van der Waals surface area contributed by atoms with Gasteiger partial charge in [-0.15, -0.1) is 0 Å². The Morgan fingerprint density at radius 2 is 1.67 bits per heavy atom. The van der Waals surface area contributed by atoms with Crippen molar-refractivity contribution in [2.75, 3.05) is 6.54 Å². The molecule has 0 bridgehead atoms. The van der Waals surface area contributed by atoms with Gasteiger partial charge >= 0.3 is 17.1 Å². The predicted octanol–water partition coefficient (Wildman–Crippen LogP) is 3.85. The molecule has 1 aliphatic rings. The maximum atomic E-state index is 13.2. The zero-order valence-corrected chi connectivity index (χ0v) is 15.7. The molecule has 0 aliphatic heterocycles. The van der Waals surface area contributed by atoms with Gasteiger partial charge in [-0.25, -0.2) is 0 Å². The fourth-order valence-electron chi connectivity index (χ4n) is 3.76. The van der Waals surface area contributed by atoms with Crippen molar-refractivity contribution < 1.29 is 44.1 Å². The molecule has 5 nitrogen and oxygen atoms in total. The molecule has 160 valence electrons. The van der Waals surface area contributed by atoms with Crippen LogP contribution >= 0.6 is 0 Å². The Balaban J connectivity index is 3.26. The number of nitrogens with one attached hydrogen (secondary N) is 1. The van der Waals surface area contributed by atoms with Crippen LogP contribution in [0.25, 0.3) is 0 Å². The van der Waals surface area contributed by atoms with Crippen LogP contribution in [0, 0.1) is 11.3 Å². The van der Waals surface area contributed by atoms with Gasteiger partial charge in [0, 0.05) is 6.54 Å². The van der Waals surface area contributed by atoms with Crippen molar-refractivity contribution in [3.63, 3.8) is 0 Å². The van der Waals surface area contributed by atoms with E-state index in [-0.39, 0.29) is 5.92 Å². The van der Waals surface area contributed by atoms with Crippen LogP contribution in [0.3, 0.4) is 0 Å². The molecule has 0 radical (unpaired) electrons. The number of hydrogen-bond donors (Lipinski definition) is 2. The molecule has 1 rings (SSSR count). The van der Waals surface area contributed by atoms with Gasteiger partial charge in [-0.1, -0.05) is 33.1 Å². The summed E-state index contributed by atoms with van der Waals surface area (Å²) in [5.74, 6) is -2.62. The highest BCUT2D eigenvalue weighted by molar-refractivity contribution is 7.88.